The number of amides is 3. The highest BCUT2D eigenvalue weighted by atomic mass is 16.6. The van der Waals surface area contributed by atoms with Crippen molar-refractivity contribution in [1.29, 1.82) is 0 Å². The van der Waals surface area contributed by atoms with E-state index in [2.05, 4.69) is 17.6 Å². The summed E-state index contributed by atoms with van der Waals surface area (Å²) in [5.41, 5.74) is 1.81. The molecule has 0 bridgehead atoms. The van der Waals surface area contributed by atoms with Crippen LogP contribution in [0.4, 0.5) is 4.79 Å². The van der Waals surface area contributed by atoms with Gasteiger partial charge in [-0.1, -0.05) is 68.3 Å². The SMILES string of the molecule is CC1CCCCC1NC(=O)NC(=O)COC(=O)COc1ccccc1-c1ccccc1. The lowest BCUT2D eigenvalue weighted by Gasteiger charge is -2.29. The Morgan fingerprint density at radius 2 is 1.65 bits per heavy atom. The number of para-hydroxylation sites is 1. The molecule has 1 fully saturated rings. The normalized spacial score (nSPS) is 18.0. The molecule has 0 heterocycles. The molecule has 7 nitrogen and oxygen atoms in total. The summed E-state index contributed by atoms with van der Waals surface area (Å²) < 4.78 is 10.5. The maximum atomic E-state index is 12.0. The number of carbonyl (C=O) groups is 3. The minimum Gasteiger partial charge on any atom is -0.481 e. The second-order valence-electron chi connectivity index (χ2n) is 7.70. The van der Waals surface area contributed by atoms with E-state index in [1.807, 2.05) is 48.5 Å². The van der Waals surface area contributed by atoms with Crippen LogP contribution in [0.2, 0.25) is 0 Å². The van der Waals surface area contributed by atoms with Crippen LogP contribution in [-0.4, -0.2) is 37.2 Å². The number of ether oxygens (including phenoxy) is 2. The van der Waals surface area contributed by atoms with Crippen molar-refractivity contribution in [3.8, 4) is 16.9 Å². The van der Waals surface area contributed by atoms with Gasteiger partial charge in [0, 0.05) is 11.6 Å². The number of urea groups is 1. The fourth-order valence-corrected chi connectivity index (χ4v) is 3.67. The highest BCUT2D eigenvalue weighted by Gasteiger charge is 2.23. The quantitative estimate of drug-likeness (QED) is 0.662. The van der Waals surface area contributed by atoms with Crippen LogP contribution in [0.5, 0.6) is 5.75 Å². The number of rotatable bonds is 7. The first-order valence-electron chi connectivity index (χ1n) is 10.6. The van der Waals surface area contributed by atoms with Crippen molar-refractivity contribution < 1.29 is 23.9 Å². The molecule has 7 heteroatoms. The van der Waals surface area contributed by atoms with Crippen molar-refractivity contribution in [2.75, 3.05) is 13.2 Å². The van der Waals surface area contributed by atoms with Gasteiger partial charge in [0.2, 0.25) is 0 Å². The third-order valence-electron chi connectivity index (χ3n) is 5.36. The Labute approximate surface area is 182 Å². The minimum atomic E-state index is -0.695. The summed E-state index contributed by atoms with van der Waals surface area (Å²) in [7, 11) is 0. The molecule has 2 atom stereocenters. The molecule has 1 aliphatic carbocycles. The Bertz CT molecular complexity index is 900. The maximum absolute atomic E-state index is 12.0. The largest absolute Gasteiger partial charge is 0.481 e. The number of imide groups is 1. The fraction of sp³-hybridized carbons (Fsp3) is 0.375. The number of esters is 1. The Balaban J connectivity index is 1.41. The number of nitrogens with one attached hydrogen (secondary N) is 2. The van der Waals surface area contributed by atoms with Crippen LogP contribution in [-0.2, 0) is 14.3 Å². The molecule has 2 aromatic carbocycles. The van der Waals surface area contributed by atoms with Crippen molar-refractivity contribution in [3.05, 3.63) is 54.6 Å². The third kappa shape index (κ3) is 6.84. The molecule has 3 amide bonds. The van der Waals surface area contributed by atoms with E-state index in [4.69, 9.17) is 9.47 Å². The molecule has 2 N–H and O–H groups in total. The van der Waals surface area contributed by atoms with E-state index in [9.17, 15) is 14.4 Å². The van der Waals surface area contributed by atoms with Gasteiger partial charge in [0.05, 0.1) is 0 Å². The summed E-state index contributed by atoms with van der Waals surface area (Å²) in [5, 5.41) is 5.02. The Morgan fingerprint density at radius 3 is 2.42 bits per heavy atom. The first kappa shape index (κ1) is 22.3. The van der Waals surface area contributed by atoms with Crippen LogP contribution in [0, 0.1) is 5.92 Å². The zero-order valence-corrected chi connectivity index (χ0v) is 17.6. The number of hydrogen-bond acceptors (Lipinski definition) is 5. The van der Waals surface area contributed by atoms with Gasteiger partial charge in [-0.2, -0.15) is 0 Å². The van der Waals surface area contributed by atoms with E-state index in [1.165, 1.54) is 0 Å². The summed E-state index contributed by atoms with van der Waals surface area (Å²) in [4.78, 5) is 35.9. The molecule has 0 saturated heterocycles. The molecule has 1 aliphatic rings. The predicted octanol–water partition coefficient (Wildman–Crippen LogP) is 3.68. The Morgan fingerprint density at radius 1 is 0.935 bits per heavy atom. The van der Waals surface area contributed by atoms with Gasteiger partial charge in [-0.3, -0.25) is 10.1 Å². The first-order valence-corrected chi connectivity index (χ1v) is 10.6. The summed E-state index contributed by atoms with van der Waals surface area (Å²) in [6.45, 7) is 1.20. The molecule has 0 radical (unpaired) electrons. The van der Waals surface area contributed by atoms with E-state index >= 15 is 0 Å². The first-order chi connectivity index (χ1) is 15.0. The molecule has 3 rings (SSSR count). The fourth-order valence-electron chi connectivity index (χ4n) is 3.67. The maximum Gasteiger partial charge on any atom is 0.344 e. The second-order valence-corrected chi connectivity index (χ2v) is 7.70. The molecule has 2 unspecified atom stereocenters. The van der Waals surface area contributed by atoms with Gasteiger partial charge in [-0.15, -0.1) is 0 Å². The summed E-state index contributed by atoms with van der Waals surface area (Å²) >= 11 is 0. The lowest BCUT2D eigenvalue weighted by molar-refractivity contribution is -0.150. The molecule has 0 aromatic heterocycles. The van der Waals surface area contributed by atoms with Crippen LogP contribution in [0.3, 0.4) is 0 Å². The molecular formula is C24H28N2O5. The van der Waals surface area contributed by atoms with Crippen molar-refractivity contribution in [3.63, 3.8) is 0 Å². The van der Waals surface area contributed by atoms with E-state index in [0.29, 0.717) is 11.7 Å². The van der Waals surface area contributed by atoms with Gasteiger partial charge in [-0.25, -0.2) is 9.59 Å². The molecule has 0 spiro atoms. The van der Waals surface area contributed by atoms with Crippen molar-refractivity contribution in [2.24, 2.45) is 5.92 Å². The van der Waals surface area contributed by atoms with Gasteiger partial charge in [0.1, 0.15) is 5.75 Å². The van der Waals surface area contributed by atoms with Crippen molar-refractivity contribution >= 4 is 17.9 Å². The van der Waals surface area contributed by atoms with E-state index in [1.54, 1.807) is 6.07 Å². The predicted molar refractivity (Wildman–Crippen MR) is 116 cm³/mol. The average molecular weight is 424 g/mol. The summed E-state index contributed by atoms with van der Waals surface area (Å²) in [5.74, 6) is -0.460. The minimum absolute atomic E-state index is 0.0576. The second kappa shape index (κ2) is 11.2. The third-order valence-corrected chi connectivity index (χ3v) is 5.36. The smallest absolute Gasteiger partial charge is 0.344 e. The molecule has 31 heavy (non-hydrogen) atoms. The molecule has 164 valence electrons. The average Bonchev–Trinajstić information content (AvgIpc) is 2.78. The van der Waals surface area contributed by atoms with Crippen LogP contribution >= 0.6 is 0 Å². The van der Waals surface area contributed by atoms with E-state index < -0.39 is 24.5 Å². The van der Waals surface area contributed by atoms with Gasteiger partial charge in [0.15, 0.2) is 13.2 Å². The number of benzene rings is 2. The zero-order valence-electron chi connectivity index (χ0n) is 17.6. The van der Waals surface area contributed by atoms with Gasteiger partial charge in [0.25, 0.3) is 5.91 Å². The lowest BCUT2D eigenvalue weighted by atomic mass is 9.86. The van der Waals surface area contributed by atoms with Gasteiger partial charge in [-0.05, 0) is 30.4 Å². The highest BCUT2D eigenvalue weighted by Crippen LogP contribution is 2.29. The highest BCUT2D eigenvalue weighted by molar-refractivity contribution is 5.95. The summed E-state index contributed by atoms with van der Waals surface area (Å²) in [6, 6.07) is 16.5. The molecular weight excluding hydrogens is 396 g/mol. The molecule has 0 aliphatic heterocycles. The standard InChI is InChI=1S/C24H28N2O5/c1-17-9-5-7-13-20(17)25-24(29)26-22(27)15-31-23(28)16-30-21-14-8-6-12-19(21)18-10-3-2-4-11-18/h2-4,6,8,10-12,14,17,20H,5,7,9,13,15-16H2,1H3,(H2,25,26,27,29). The van der Waals surface area contributed by atoms with Gasteiger partial charge < -0.3 is 14.8 Å². The number of carbonyl (C=O) groups excluding carboxylic acids is 3. The van der Waals surface area contributed by atoms with Crippen LogP contribution < -0.4 is 15.4 Å². The molecule has 2 aromatic rings. The van der Waals surface area contributed by atoms with E-state index in [0.717, 1.165) is 36.8 Å². The van der Waals surface area contributed by atoms with Crippen molar-refractivity contribution in [2.45, 2.75) is 38.6 Å². The van der Waals surface area contributed by atoms with Crippen LogP contribution in [0.15, 0.2) is 54.6 Å². The monoisotopic (exact) mass is 424 g/mol. The van der Waals surface area contributed by atoms with Crippen LogP contribution in [0.25, 0.3) is 11.1 Å². The van der Waals surface area contributed by atoms with Crippen LogP contribution in [0.1, 0.15) is 32.6 Å². The Kier molecular flexibility index (Phi) is 8.04. The Hall–Kier alpha value is -3.35. The summed E-state index contributed by atoms with van der Waals surface area (Å²) in [6.07, 6.45) is 4.19. The van der Waals surface area contributed by atoms with Crippen molar-refractivity contribution in [1.82, 2.24) is 10.6 Å². The van der Waals surface area contributed by atoms with E-state index in [-0.39, 0.29) is 12.6 Å². The zero-order chi connectivity index (χ0) is 22.1. The van der Waals surface area contributed by atoms with Gasteiger partial charge >= 0.3 is 12.0 Å². The number of hydrogen-bond donors (Lipinski definition) is 2. The topological polar surface area (TPSA) is 93.7 Å². The molecule has 1 saturated carbocycles. The lowest BCUT2D eigenvalue weighted by Crippen LogP contribution is -2.48.